The van der Waals surface area contributed by atoms with E-state index in [1.165, 1.54) is 0 Å². The van der Waals surface area contributed by atoms with Crippen LogP contribution in [0.1, 0.15) is 26.7 Å². The van der Waals surface area contributed by atoms with Gasteiger partial charge in [-0.3, -0.25) is 4.79 Å². The minimum atomic E-state index is -0.453. The Balaban J connectivity index is 2.26. The van der Waals surface area contributed by atoms with Crippen molar-refractivity contribution in [2.75, 3.05) is 26.3 Å². The lowest BCUT2D eigenvalue weighted by atomic mass is 9.92. The van der Waals surface area contributed by atoms with Gasteiger partial charge in [-0.15, -0.1) is 0 Å². The van der Waals surface area contributed by atoms with Gasteiger partial charge in [-0.05, 0) is 32.6 Å². The Kier molecular flexibility index (Phi) is 4.54. The molecule has 88 valence electrons. The van der Waals surface area contributed by atoms with E-state index in [9.17, 15) is 4.79 Å². The summed E-state index contributed by atoms with van der Waals surface area (Å²) in [7, 11) is 0. The predicted octanol–water partition coefficient (Wildman–Crippen LogP) is 0.514. The van der Waals surface area contributed by atoms with Crippen molar-refractivity contribution in [1.82, 2.24) is 5.32 Å². The molecule has 0 aliphatic carbocycles. The van der Waals surface area contributed by atoms with E-state index in [1.807, 2.05) is 13.8 Å². The predicted molar refractivity (Wildman–Crippen MR) is 59.4 cm³/mol. The highest BCUT2D eigenvalue weighted by Gasteiger charge is 2.26. The second kappa shape index (κ2) is 5.47. The summed E-state index contributed by atoms with van der Waals surface area (Å²) < 4.78 is 5.26. The Hall–Kier alpha value is -0.610. The summed E-state index contributed by atoms with van der Waals surface area (Å²) in [4.78, 5) is 11.7. The zero-order valence-corrected chi connectivity index (χ0v) is 9.71. The van der Waals surface area contributed by atoms with Gasteiger partial charge in [0.15, 0.2) is 0 Å². The molecule has 1 aliphatic rings. The fraction of sp³-hybridized carbons (Fsp3) is 0.909. The van der Waals surface area contributed by atoms with Crippen molar-refractivity contribution < 1.29 is 9.53 Å². The van der Waals surface area contributed by atoms with E-state index in [0.717, 1.165) is 32.6 Å². The summed E-state index contributed by atoms with van der Waals surface area (Å²) in [5.74, 6) is 0.618. The summed E-state index contributed by atoms with van der Waals surface area (Å²) in [6, 6.07) is 0. The van der Waals surface area contributed by atoms with Crippen LogP contribution in [-0.4, -0.2) is 32.2 Å². The molecular formula is C11H22N2O2. The SMILES string of the molecule is CC(C)(CN)C(=O)NCC1CCOCC1. The van der Waals surface area contributed by atoms with Crippen molar-refractivity contribution in [2.24, 2.45) is 17.1 Å². The second-order valence-electron chi connectivity index (χ2n) is 4.85. The number of ether oxygens (including phenoxy) is 1. The Morgan fingerprint density at radius 3 is 2.60 bits per heavy atom. The summed E-state index contributed by atoms with van der Waals surface area (Å²) >= 11 is 0. The third-order valence-electron chi connectivity index (χ3n) is 3.02. The number of carbonyl (C=O) groups excluding carboxylic acids is 1. The fourth-order valence-electron chi connectivity index (χ4n) is 1.52. The second-order valence-corrected chi connectivity index (χ2v) is 4.85. The van der Waals surface area contributed by atoms with Gasteiger partial charge in [-0.25, -0.2) is 0 Å². The van der Waals surface area contributed by atoms with Crippen LogP contribution in [0, 0.1) is 11.3 Å². The summed E-state index contributed by atoms with van der Waals surface area (Å²) in [6.07, 6.45) is 2.09. The Morgan fingerprint density at radius 2 is 2.07 bits per heavy atom. The standard InChI is InChI=1S/C11H22N2O2/c1-11(2,8-12)10(14)13-7-9-3-5-15-6-4-9/h9H,3-8,12H2,1-2H3,(H,13,14). The Bertz CT molecular complexity index is 211. The Morgan fingerprint density at radius 1 is 1.47 bits per heavy atom. The first-order valence-corrected chi connectivity index (χ1v) is 5.62. The lowest BCUT2D eigenvalue weighted by molar-refractivity contribution is -0.129. The molecule has 0 aromatic heterocycles. The van der Waals surface area contributed by atoms with Gasteiger partial charge in [0.25, 0.3) is 0 Å². The van der Waals surface area contributed by atoms with E-state index < -0.39 is 5.41 Å². The van der Waals surface area contributed by atoms with E-state index in [0.29, 0.717) is 12.5 Å². The molecule has 0 unspecified atom stereocenters. The fourth-order valence-corrected chi connectivity index (χ4v) is 1.52. The van der Waals surface area contributed by atoms with Crippen LogP contribution in [0.5, 0.6) is 0 Å². The first kappa shape index (κ1) is 12.5. The lowest BCUT2D eigenvalue weighted by Crippen LogP contribution is -2.43. The third kappa shape index (κ3) is 3.80. The molecule has 0 spiro atoms. The van der Waals surface area contributed by atoms with Crippen molar-refractivity contribution in [1.29, 1.82) is 0 Å². The molecule has 0 radical (unpaired) electrons. The van der Waals surface area contributed by atoms with E-state index in [2.05, 4.69) is 5.32 Å². The van der Waals surface area contributed by atoms with Crippen molar-refractivity contribution in [3.63, 3.8) is 0 Å². The Labute approximate surface area is 91.5 Å². The number of nitrogens with one attached hydrogen (secondary N) is 1. The van der Waals surface area contributed by atoms with Crippen LogP contribution >= 0.6 is 0 Å². The van der Waals surface area contributed by atoms with Crippen LogP contribution in [0.3, 0.4) is 0 Å². The monoisotopic (exact) mass is 214 g/mol. The largest absolute Gasteiger partial charge is 0.381 e. The highest BCUT2D eigenvalue weighted by Crippen LogP contribution is 2.15. The molecule has 0 aromatic carbocycles. The van der Waals surface area contributed by atoms with Crippen molar-refractivity contribution in [3.8, 4) is 0 Å². The molecule has 0 bridgehead atoms. The molecule has 1 aliphatic heterocycles. The van der Waals surface area contributed by atoms with Crippen LogP contribution in [0.15, 0.2) is 0 Å². The van der Waals surface area contributed by atoms with Gasteiger partial charge < -0.3 is 15.8 Å². The van der Waals surface area contributed by atoms with Gasteiger partial charge in [0.1, 0.15) is 0 Å². The summed E-state index contributed by atoms with van der Waals surface area (Å²) in [5.41, 5.74) is 5.08. The number of hydrogen-bond acceptors (Lipinski definition) is 3. The maximum atomic E-state index is 11.7. The van der Waals surface area contributed by atoms with Gasteiger partial charge in [0.05, 0.1) is 5.41 Å². The average molecular weight is 214 g/mol. The maximum absolute atomic E-state index is 11.7. The van der Waals surface area contributed by atoms with Crippen LogP contribution in [0.25, 0.3) is 0 Å². The molecule has 1 amide bonds. The van der Waals surface area contributed by atoms with E-state index in [-0.39, 0.29) is 5.91 Å². The lowest BCUT2D eigenvalue weighted by Gasteiger charge is -2.26. The molecule has 1 fully saturated rings. The van der Waals surface area contributed by atoms with Gasteiger partial charge in [-0.2, -0.15) is 0 Å². The molecule has 0 saturated carbocycles. The molecule has 4 heteroatoms. The highest BCUT2D eigenvalue weighted by atomic mass is 16.5. The van der Waals surface area contributed by atoms with Gasteiger partial charge in [0.2, 0.25) is 5.91 Å². The molecule has 4 nitrogen and oxygen atoms in total. The zero-order chi connectivity index (χ0) is 11.3. The minimum Gasteiger partial charge on any atom is -0.381 e. The highest BCUT2D eigenvalue weighted by molar-refractivity contribution is 5.81. The van der Waals surface area contributed by atoms with Crippen LogP contribution < -0.4 is 11.1 Å². The van der Waals surface area contributed by atoms with E-state index >= 15 is 0 Å². The zero-order valence-electron chi connectivity index (χ0n) is 9.71. The van der Waals surface area contributed by atoms with E-state index in [1.54, 1.807) is 0 Å². The van der Waals surface area contributed by atoms with Gasteiger partial charge in [0, 0.05) is 26.3 Å². The van der Waals surface area contributed by atoms with E-state index in [4.69, 9.17) is 10.5 Å². The summed E-state index contributed by atoms with van der Waals surface area (Å²) in [6.45, 7) is 6.51. The molecule has 3 N–H and O–H groups in total. The molecule has 0 aromatic rings. The van der Waals surface area contributed by atoms with Gasteiger partial charge in [-0.1, -0.05) is 0 Å². The van der Waals surface area contributed by atoms with Crippen molar-refractivity contribution in [3.05, 3.63) is 0 Å². The first-order valence-electron chi connectivity index (χ1n) is 5.62. The first-order chi connectivity index (χ1) is 7.06. The quantitative estimate of drug-likeness (QED) is 0.717. The summed E-state index contributed by atoms with van der Waals surface area (Å²) in [5, 5.41) is 2.97. The number of amides is 1. The number of carbonyl (C=O) groups is 1. The topological polar surface area (TPSA) is 64.4 Å². The van der Waals surface area contributed by atoms with Crippen LogP contribution in [0.4, 0.5) is 0 Å². The number of nitrogens with two attached hydrogens (primary N) is 1. The van der Waals surface area contributed by atoms with Gasteiger partial charge >= 0.3 is 0 Å². The average Bonchev–Trinajstić information content (AvgIpc) is 2.27. The molecule has 1 saturated heterocycles. The molecule has 15 heavy (non-hydrogen) atoms. The van der Waals surface area contributed by atoms with Crippen molar-refractivity contribution >= 4 is 5.91 Å². The smallest absolute Gasteiger partial charge is 0.226 e. The van der Waals surface area contributed by atoms with Crippen molar-refractivity contribution in [2.45, 2.75) is 26.7 Å². The van der Waals surface area contributed by atoms with Crippen LogP contribution in [0.2, 0.25) is 0 Å². The van der Waals surface area contributed by atoms with Crippen LogP contribution in [-0.2, 0) is 9.53 Å². The normalized spacial score (nSPS) is 18.9. The molecule has 1 rings (SSSR count). The maximum Gasteiger partial charge on any atom is 0.226 e. The molecular weight excluding hydrogens is 192 g/mol. The third-order valence-corrected chi connectivity index (χ3v) is 3.02. The molecule has 0 atom stereocenters. The number of rotatable bonds is 4. The molecule has 1 heterocycles. The minimum absolute atomic E-state index is 0.0523. The number of hydrogen-bond donors (Lipinski definition) is 2.